The summed E-state index contributed by atoms with van der Waals surface area (Å²) >= 11 is 0. The fourth-order valence-corrected chi connectivity index (χ4v) is 3.90. The molecule has 32 heavy (non-hydrogen) atoms. The number of aromatic nitrogens is 1. The molecular weight excluding hydrogens is 422 g/mol. The van der Waals surface area contributed by atoms with Gasteiger partial charge in [0.25, 0.3) is 0 Å². The minimum absolute atomic E-state index is 0. The van der Waals surface area contributed by atoms with E-state index in [-0.39, 0.29) is 41.8 Å². The van der Waals surface area contributed by atoms with Gasteiger partial charge in [0.05, 0.1) is 18.7 Å². The molecule has 6 nitrogen and oxygen atoms in total. The van der Waals surface area contributed by atoms with E-state index in [0.29, 0.717) is 25.5 Å². The van der Waals surface area contributed by atoms with Gasteiger partial charge in [0.2, 0.25) is 5.89 Å². The second-order valence-electron chi connectivity index (χ2n) is 7.62. The van der Waals surface area contributed by atoms with Crippen LogP contribution in [0.4, 0.5) is 10.1 Å². The molecule has 1 aliphatic heterocycles. The topological polar surface area (TPSA) is 75.8 Å². The van der Waals surface area contributed by atoms with Gasteiger partial charge < -0.3 is 19.2 Å². The van der Waals surface area contributed by atoms with Gasteiger partial charge in [-0.15, -0.1) is 0 Å². The number of ether oxygens (including phenoxy) is 1. The molecule has 164 valence electrons. The van der Waals surface area contributed by atoms with Crippen LogP contribution in [-0.2, 0) is 17.6 Å². The van der Waals surface area contributed by atoms with Crippen LogP contribution >= 0.6 is 0 Å². The van der Waals surface area contributed by atoms with Gasteiger partial charge >= 0.3 is 35.5 Å². The normalized spacial score (nSPS) is 12.8. The van der Waals surface area contributed by atoms with Crippen molar-refractivity contribution in [2.24, 2.45) is 0 Å². The SMILES string of the molecule is Cc1oc(-c2ccc(F)cc2)nc1CCOc1cccc2c1CCCN2CCC(=O)O.[NaH]. The standard InChI is InChI=1S/C24H25FN2O4.Na.H/c1-16-20(26-24(31-16)17-7-9-18(25)10-8-17)12-15-30-22-6-2-5-21-19(22)4-3-13-27(21)14-11-23(28)29;;/h2,5-10H,3-4,11-15H2,1H3,(H,28,29);;. The average Bonchev–Trinajstić information content (AvgIpc) is 3.13. The Morgan fingerprint density at radius 3 is 2.78 bits per heavy atom. The minimum atomic E-state index is -0.789. The molecule has 0 radical (unpaired) electrons. The molecule has 0 bridgehead atoms. The number of oxazole rings is 1. The number of aliphatic carboxylic acids is 1. The van der Waals surface area contributed by atoms with Crippen LogP contribution in [0.15, 0.2) is 46.9 Å². The number of carbonyl (C=O) groups is 1. The van der Waals surface area contributed by atoms with Crippen molar-refractivity contribution in [3.8, 4) is 17.2 Å². The van der Waals surface area contributed by atoms with Crippen molar-refractivity contribution < 1.29 is 23.4 Å². The van der Waals surface area contributed by atoms with Gasteiger partial charge in [0.15, 0.2) is 0 Å². The van der Waals surface area contributed by atoms with Gasteiger partial charge in [0.1, 0.15) is 17.3 Å². The first kappa shape index (κ1) is 24.3. The molecule has 0 unspecified atom stereocenters. The predicted octanol–water partition coefficient (Wildman–Crippen LogP) is 3.99. The number of benzene rings is 2. The van der Waals surface area contributed by atoms with Crippen LogP contribution in [0.2, 0.25) is 0 Å². The molecular formula is C24H26FN2NaO4. The second-order valence-corrected chi connectivity index (χ2v) is 7.62. The molecule has 8 heteroatoms. The van der Waals surface area contributed by atoms with E-state index in [4.69, 9.17) is 14.3 Å². The Kier molecular flexibility index (Phi) is 8.34. The molecule has 4 rings (SSSR count). The third-order valence-corrected chi connectivity index (χ3v) is 5.48. The molecule has 3 aromatic rings. The van der Waals surface area contributed by atoms with Gasteiger partial charge in [-0.05, 0) is 56.2 Å². The fourth-order valence-electron chi connectivity index (χ4n) is 3.90. The predicted molar refractivity (Wildman–Crippen MR) is 122 cm³/mol. The summed E-state index contributed by atoms with van der Waals surface area (Å²) in [6.07, 6.45) is 2.58. The van der Waals surface area contributed by atoms with Crippen molar-refractivity contribution >= 4 is 41.2 Å². The number of hydrogen-bond donors (Lipinski definition) is 1. The molecule has 2 aromatic carbocycles. The van der Waals surface area contributed by atoms with Gasteiger partial charge in [-0.3, -0.25) is 4.79 Å². The molecule has 0 aliphatic carbocycles. The Labute approximate surface area is 208 Å². The summed E-state index contributed by atoms with van der Waals surface area (Å²) in [5.41, 5.74) is 3.73. The summed E-state index contributed by atoms with van der Waals surface area (Å²) in [5.74, 6) is 0.935. The number of rotatable bonds is 8. The molecule has 0 atom stereocenters. The number of nitrogens with zero attached hydrogens (tertiary/aromatic N) is 2. The van der Waals surface area contributed by atoms with E-state index >= 15 is 0 Å². The number of carboxylic acid groups (broad SMARTS) is 1. The third kappa shape index (κ3) is 5.71. The van der Waals surface area contributed by atoms with Gasteiger partial charge in [-0.25, -0.2) is 9.37 Å². The first-order valence-electron chi connectivity index (χ1n) is 10.4. The summed E-state index contributed by atoms with van der Waals surface area (Å²) in [6.45, 7) is 3.66. The molecule has 0 amide bonds. The Balaban J connectivity index is 0.00000289. The zero-order valence-electron chi connectivity index (χ0n) is 17.4. The van der Waals surface area contributed by atoms with Gasteiger partial charge in [-0.2, -0.15) is 0 Å². The van der Waals surface area contributed by atoms with Crippen LogP contribution in [-0.4, -0.2) is 65.3 Å². The van der Waals surface area contributed by atoms with Crippen LogP contribution in [0.1, 0.15) is 29.9 Å². The third-order valence-electron chi connectivity index (χ3n) is 5.48. The Morgan fingerprint density at radius 2 is 2.03 bits per heavy atom. The summed E-state index contributed by atoms with van der Waals surface area (Å²) in [4.78, 5) is 17.6. The summed E-state index contributed by atoms with van der Waals surface area (Å²) in [6, 6.07) is 12.0. The molecule has 0 fully saturated rings. The Bertz CT molecular complexity index is 1070. The maximum absolute atomic E-state index is 13.1. The zero-order valence-corrected chi connectivity index (χ0v) is 17.4. The quantitative estimate of drug-likeness (QED) is 0.525. The number of aryl methyl sites for hydroxylation is 1. The average molecular weight is 448 g/mol. The van der Waals surface area contributed by atoms with E-state index in [1.807, 2.05) is 25.1 Å². The van der Waals surface area contributed by atoms with E-state index in [2.05, 4.69) is 9.88 Å². The molecule has 1 aliphatic rings. The number of hydrogen-bond acceptors (Lipinski definition) is 5. The van der Waals surface area contributed by atoms with Crippen LogP contribution in [0.25, 0.3) is 11.5 Å². The maximum atomic E-state index is 13.1. The number of halogens is 1. The van der Waals surface area contributed by atoms with Crippen molar-refractivity contribution in [2.75, 3.05) is 24.6 Å². The van der Waals surface area contributed by atoms with Crippen LogP contribution < -0.4 is 9.64 Å². The molecule has 0 saturated carbocycles. The monoisotopic (exact) mass is 448 g/mol. The van der Waals surface area contributed by atoms with Gasteiger partial charge in [-0.1, -0.05) is 6.07 Å². The van der Waals surface area contributed by atoms with Crippen molar-refractivity contribution in [1.82, 2.24) is 4.98 Å². The summed E-state index contributed by atoms with van der Waals surface area (Å²) in [7, 11) is 0. The molecule has 1 N–H and O–H groups in total. The molecule has 0 spiro atoms. The van der Waals surface area contributed by atoms with E-state index in [9.17, 15) is 9.18 Å². The fraction of sp³-hybridized carbons (Fsp3) is 0.333. The van der Waals surface area contributed by atoms with E-state index in [0.717, 1.165) is 53.4 Å². The van der Waals surface area contributed by atoms with Crippen LogP contribution in [0, 0.1) is 12.7 Å². The summed E-state index contributed by atoms with van der Waals surface area (Å²) < 4.78 is 25.0. The van der Waals surface area contributed by atoms with Crippen molar-refractivity contribution in [3.63, 3.8) is 0 Å². The number of carboxylic acids is 1. The Morgan fingerprint density at radius 1 is 1.25 bits per heavy atom. The molecule has 1 aromatic heterocycles. The first-order valence-corrected chi connectivity index (χ1v) is 10.4. The summed E-state index contributed by atoms with van der Waals surface area (Å²) in [5, 5.41) is 9.00. The van der Waals surface area contributed by atoms with Crippen molar-refractivity contribution in [2.45, 2.75) is 32.6 Å². The zero-order chi connectivity index (χ0) is 21.8. The van der Waals surface area contributed by atoms with E-state index in [1.165, 1.54) is 12.1 Å². The molecule has 2 heterocycles. The second kappa shape index (κ2) is 11.0. The molecule has 0 saturated heterocycles. The van der Waals surface area contributed by atoms with Crippen LogP contribution in [0.5, 0.6) is 5.75 Å². The first-order chi connectivity index (χ1) is 15.0. The van der Waals surface area contributed by atoms with Crippen molar-refractivity contribution in [3.05, 3.63) is 65.3 Å². The van der Waals surface area contributed by atoms with E-state index < -0.39 is 5.97 Å². The number of anilines is 1. The van der Waals surface area contributed by atoms with Crippen molar-refractivity contribution in [1.29, 1.82) is 0 Å². The van der Waals surface area contributed by atoms with Gasteiger partial charge in [0, 0.05) is 36.3 Å². The Hall–Kier alpha value is -2.35. The van der Waals surface area contributed by atoms with Crippen LogP contribution in [0.3, 0.4) is 0 Å². The van der Waals surface area contributed by atoms with E-state index in [1.54, 1.807) is 12.1 Å². The number of fused-ring (bicyclic) bond motifs is 1.